The van der Waals surface area contributed by atoms with Crippen molar-refractivity contribution in [2.24, 2.45) is 11.7 Å². The molecule has 1 atom stereocenters. The average Bonchev–Trinajstić information content (AvgIpc) is 3.37. The summed E-state index contributed by atoms with van der Waals surface area (Å²) in [6, 6.07) is 4.51. The highest BCUT2D eigenvalue weighted by Crippen LogP contribution is 2.48. The summed E-state index contributed by atoms with van der Waals surface area (Å²) in [7, 11) is 0. The molecule has 2 aromatic heterocycles. The number of aromatic nitrogens is 3. The third-order valence-corrected chi connectivity index (χ3v) is 7.65. The zero-order valence-electron chi connectivity index (χ0n) is 20.0. The first-order chi connectivity index (χ1) is 17.8. The van der Waals surface area contributed by atoms with Crippen molar-refractivity contribution in [3.8, 4) is 16.3 Å². The van der Waals surface area contributed by atoms with Crippen molar-refractivity contribution >= 4 is 28.6 Å². The van der Waals surface area contributed by atoms with E-state index in [1.807, 2.05) is 0 Å². The van der Waals surface area contributed by atoms with Crippen molar-refractivity contribution < 1.29 is 22.7 Å². The molecule has 1 amide bonds. The predicted octanol–water partition coefficient (Wildman–Crippen LogP) is 4.98. The van der Waals surface area contributed by atoms with Gasteiger partial charge in [-0.3, -0.25) is 4.79 Å². The lowest BCUT2D eigenvalue weighted by Crippen LogP contribution is -2.40. The number of rotatable bonds is 7. The maximum absolute atomic E-state index is 14.6. The fraction of sp³-hybridized carbons (Fsp3) is 0.440. The smallest absolute Gasteiger partial charge is 0.422 e. The molecule has 0 unspecified atom stereocenters. The van der Waals surface area contributed by atoms with Crippen LogP contribution in [-0.2, 0) is 6.18 Å². The Morgan fingerprint density at radius 1 is 1.19 bits per heavy atom. The van der Waals surface area contributed by atoms with Gasteiger partial charge in [-0.05, 0) is 62.8 Å². The lowest BCUT2D eigenvalue weighted by atomic mass is 9.95. The standard InChI is InChI=1S/C25H27F3N6O2S/c26-25(27,28)21-20(36-17-4-1-5-17)7-6-18(22(21)34-10-2-3-15(11-29)13-34)32-23(35)19-14-37-24(33-19)16-8-9-30-31-12-16/h6-9,12,14-15,17H,1-5,10-11,13,29H2,(H,32,35)/t15-/m0/s1. The van der Waals surface area contributed by atoms with Gasteiger partial charge in [0.1, 0.15) is 22.0 Å². The summed E-state index contributed by atoms with van der Waals surface area (Å²) in [4.78, 5) is 19.2. The molecule has 1 aliphatic carbocycles. The fourth-order valence-corrected chi connectivity index (χ4v) is 5.41. The Labute approximate surface area is 216 Å². The van der Waals surface area contributed by atoms with Crippen LogP contribution < -0.4 is 20.7 Å². The van der Waals surface area contributed by atoms with Crippen LogP contribution >= 0.6 is 11.3 Å². The number of nitrogens with zero attached hydrogens (tertiary/aromatic N) is 4. The Balaban J connectivity index is 1.51. The van der Waals surface area contributed by atoms with E-state index in [2.05, 4.69) is 20.5 Å². The lowest BCUT2D eigenvalue weighted by molar-refractivity contribution is -0.139. The summed E-state index contributed by atoms with van der Waals surface area (Å²) in [5.41, 5.74) is 5.79. The number of carbonyl (C=O) groups excluding carboxylic acids is 1. The van der Waals surface area contributed by atoms with E-state index in [0.717, 1.165) is 25.7 Å². The van der Waals surface area contributed by atoms with Crippen molar-refractivity contribution in [2.45, 2.75) is 44.4 Å². The Hall–Kier alpha value is -3.25. The number of hydrogen-bond acceptors (Lipinski definition) is 8. The second kappa shape index (κ2) is 10.6. The summed E-state index contributed by atoms with van der Waals surface area (Å²) in [5, 5.41) is 12.4. The third kappa shape index (κ3) is 5.54. The van der Waals surface area contributed by atoms with Crippen molar-refractivity contribution in [2.75, 3.05) is 29.9 Å². The molecule has 2 fully saturated rings. The fourth-order valence-electron chi connectivity index (χ4n) is 4.62. The number of benzene rings is 1. The number of thiazole rings is 1. The number of hydrogen-bond donors (Lipinski definition) is 2. The van der Waals surface area contributed by atoms with E-state index in [1.165, 1.54) is 35.9 Å². The molecule has 37 heavy (non-hydrogen) atoms. The SMILES string of the molecule is NC[C@@H]1CCCN(c2c(NC(=O)c3csc(-c4ccnnc4)n3)ccc(OC3CCC3)c2C(F)(F)F)C1. The zero-order valence-corrected chi connectivity index (χ0v) is 20.8. The first kappa shape index (κ1) is 25.4. The van der Waals surface area contributed by atoms with Gasteiger partial charge in [0.2, 0.25) is 0 Å². The van der Waals surface area contributed by atoms with Crippen LogP contribution in [0.2, 0.25) is 0 Å². The topological polar surface area (TPSA) is 106 Å². The highest BCUT2D eigenvalue weighted by atomic mass is 32.1. The molecule has 3 aromatic rings. The van der Waals surface area contributed by atoms with Gasteiger partial charge in [0.05, 0.1) is 29.9 Å². The summed E-state index contributed by atoms with van der Waals surface area (Å²) in [5.74, 6) is -0.746. The molecule has 0 bridgehead atoms. The molecule has 1 aliphatic heterocycles. The monoisotopic (exact) mass is 532 g/mol. The van der Waals surface area contributed by atoms with E-state index in [4.69, 9.17) is 10.5 Å². The van der Waals surface area contributed by atoms with Crippen LogP contribution in [0.25, 0.3) is 10.6 Å². The minimum atomic E-state index is -4.69. The molecule has 3 heterocycles. The van der Waals surface area contributed by atoms with Crippen LogP contribution in [-0.4, -0.2) is 46.8 Å². The van der Waals surface area contributed by atoms with E-state index >= 15 is 0 Å². The van der Waals surface area contributed by atoms with E-state index in [0.29, 0.717) is 36.6 Å². The molecule has 2 aliphatic rings. The maximum Gasteiger partial charge on any atom is 0.422 e. The lowest BCUT2D eigenvalue weighted by Gasteiger charge is -2.37. The summed E-state index contributed by atoms with van der Waals surface area (Å²) < 4.78 is 49.5. The molecule has 5 rings (SSSR count). The Kier molecular flexibility index (Phi) is 7.29. The first-order valence-corrected chi connectivity index (χ1v) is 13.1. The van der Waals surface area contributed by atoms with Gasteiger partial charge < -0.3 is 20.7 Å². The molecule has 196 valence electrons. The molecule has 0 radical (unpaired) electrons. The molecule has 1 aromatic carbocycles. The van der Waals surface area contributed by atoms with Gasteiger partial charge >= 0.3 is 6.18 Å². The molecule has 1 saturated heterocycles. The minimum Gasteiger partial charge on any atom is -0.490 e. The Morgan fingerprint density at radius 2 is 2.03 bits per heavy atom. The van der Waals surface area contributed by atoms with Crippen LogP contribution in [0.15, 0.2) is 36.0 Å². The van der Waals surface area contributed by atoms with E-state index in [-0.39, 0.29) is 34.8 Å². The van der Waals surface area contributed by atoms with Crippen molar-refractivity contribution in [3.05, 3.63) is 47.2 Å². The van der Waals surface area contributed by atoms with Gasteiger partial charge in [0, 0.05) is 24.0 Å². The largest absolute Gasteiger partial charge is 0.490 e. The van der Waals surface area contributed by atoms with Gasteiger partial charge in [-0.25, -0.2) is 4.98 Å². The molecule has 0 spiro atoms. The van der Waals surface area contributed by atoms with Crippen molar-refractivity contribution in [1.82, 2.24) is 15.2 Å². The quantitative estimate of drug-likeness (QED) is 0.442. The molecular weight excluding hydrogens is 505 g/mol. The molecule has 3 N–H and O–H groups in total. The van der Waals surface area contributed by atoms with Gasteiger partial charge in [-0.2, -0.15) is 23.4 Å². The minimum absolute atomic E-state index is 0.0599. The third-order valence-electron chi connectivity index (χ3n) is 6.75. The second-order valence-corrected chi connectivity index (χ2v) is 10.2. The van der Waals surface area contributed by atoms with Gasteiger partial charge in [0.25, 0.3) is 5.91 Å². The summed E-state index contributed by atoms with van der Waals surface area (Å²) >= 11 is 1.24. The number of ether oxygens (including phenoxy) is 1. The number of anilines is 2. The number of nitrogens with two attached hydrogens (primary N) is 1. The predicted molar refractivity (Wildman–Crippen MR) is 135 cm³/mol. The van der Waals surface area contributed by atoms with Crippen LogP contribution in [0, 0.1) is 5.92 Å². The van der Waals surface area contributed by atoms with Crippen LogP contribution in [0.5, 0.6) is 5.75 Å². The second-order valence-electron chi connectivity index (χ2n) is 9.32. The molecular formula is C25H27F3N6O2S. The number of carbonyl (C=O) groups is 1. The average molecular weight is 533 g/mol. The number of piperidine rings is 1. The molecule has 8 nitrogen and oxygen atoms in total. The highest BCUT2D eigenvalue weighted by molar-refractivity contribution is 7.13. The molecule has 1 saturated carbocycles. The Bertz CT molecular complexity index is 1250. The Morgan fingerprint density at radius 3 is 2.70 bits per heavy atom. The van der Waals surface area contributed by atoms with E-state index in [1.54, 1.807) is 16.3 Å². The zero-order chi connectivity index (χ0) is 26.0. The van der Waals surface area contributed by atoms with Gasteiger partial charge in [0.15, 0.2) is 0 Å². The van der Waals surface area contributed by atoms with Gasteiger partial charge in [-0.15, -0.1) is 11.3 Å². The van der Waals surface area contributed by atoms with Crippen LogP contribution in [0.3, 0.4) is 0 Å². The number of alkyl halides is 3. The normalized spacial score (nSPS) is 18.4. The highest BCUT2D eigenvalue weighted by Gasteiger charge is 2.42. The summed E-state index contributed by atoms with van der Waals surface area (Å²) in [6.07, 6.45) is 2.06. The number of halogens is 3. The van der Waals surface area contributed by atoms with Gasteiger partial charge in [-0.1, -0.05) is 0 Å². The van der Waals surface area contributed by atoms with E-state index in [9.17, 15) is 18.0 Å². The first-order valence-electron chi connectivity index (χ1n) is 12.2. The number of amides is 1. The maximum atomic E-state index is 14.6. The summed E-state index contributed by atoms with van der Waals surface area (Å²) in [6.45, 7) is 1.17. The number of nitrogens with one attached hydrogen (secondary N) is 1. The van der Waals surface area contributed by atoms with E-state index < -0.39 is 17.6 Å². The van der Waals surface area contributed by atoms with Crippen molar-refractivity contribution in [1.29, 1.82) is 0 Å². The van der Waals surface area contributed by atoms with Crippen molar-refractivity contribution in [3.63, 3.8) is 0 Å². The van der Waals surface area contributed by atoms with Crippen LogP contribution in [0.1, 0.15) is 48.2 Å². The molecule has 12 heteroatoms. The van der Waals surface area contributed by atoms with Crippen LogP contribution in [0.4, 0.5) is 24.5 Å².